The maximum atomic E-state index is 13.3. The number of methoxy groups -OCH3 is 1. The van der Waals surface area contributed by atoms with Gasteiger partial charge in [0.2, 0.25) is 0 Å². The number of halogens is 3. The van der Waals surface area contributed by atoms with E-state index in [4.69, 9.17) is 10.5 Å². The molecule has 1 heterocycles. The molecule has 0 aliphatic carbocycles. The molecule has 2 N–H and O–H groups in total. The van der Waals surface area contributed by atoms with Gasteiger partial charge in [0.15, 0.2) is 0 Å². The van der Waals surface area contributed by atoms with Gasteiger partial charge in [0, 0.05) is 13.1 Å². The van der Waals surface area contributed by atoms with Gasteiger partial charge >= 0.3 is 0 Å². The molecule has 172 valence electrons. The number of hydrogen-bond acceptors (Lipinski definition) is 3. The fourth-order valence-corrected chi connectivity index (χ4v) is 4.75. The Kier molecular flexibility index (Phi) is 10.2. The van der Waals surface area contributed by atoms with Gasteiger partial charge in [0.25, 0.3) is 0 Å². The van der Waals surface area contributed by atoms with Crippen LogP contribution in [0.1, 0.15) is 43.2 Å². The third-order valence-corrected chi connectivity index (χ3v) is 6.38. The normalized spacial score (nSPS) is 22.5. The summed E-state index contributed by atoms with van der Waals surface area (Å²) < 4.78 is 31.3. The number of hydrogen-bond donors (Lipinski definition) is 1. The van der Waals surface area contributed by atoms with E-state index in [-0.39, 0.29) is 24.7 Å². The minimum absolute atomic E-state index is 0. The molecule has 0 bridgehead atoms. The van der Waals surface area contributed by atoms with Crippen LogP contribution in [0.15, 0.2) is 54.6 Å². The number of nitrogens with two attached hydrogens (primary N) is 1. The largest absolute Gasteiger partial charge is 0.496 e. The van der Waals surface area contributed by atoms with Crippen LogP contribution in [0.4, 0.5) is 8.78 Å². The van der Waals surface area contributed by atoms with E-state index < -0.39 is 18.5 Å². The molecule has 2 aromatic rings. The molecule has 2 aromatic carbocycles. The van der Waals surface area contributed by atoms with Gasteiger partial charge in [0.1, 0.15) is 18.6 Å². The smallest absolute Gasteiger partial charge is 0.128 e. The lowest BCUT2D eigenvalue weighted by atomic mass is 9.75. The highest BCUT2D eigenvalue weighted by molar-refractivity contribution is 5.85. The first-order valence-electron chi connectivity index (χ1n) is 11.0. The topological polar surface area (TPSA) is 38.5 Å². The van der Waals surface area contributed by atoms with E-state index in [1.807, 2.05) is 36.4 Å². The molecule has 1 fully saturated rings. The summed E-state index contributed by atoms with van der Waals surface area (Å²) in [6.45, 7) is 0.804. The Morgan fingerprint density at radius 3 is 2.55 bits per heavy atom. The van der Waals surface area contributed by atoms with Crippen molar-refractivity contribution in [1.29, 1.82) is 0 Å². The Morgan fingerprint density at radius 2 is 1.84 bits per heavy atom. The summed E-state index contributed by atoms with van der Waals surface area (Å²) in [6, 6.07) is 18.4. The van der Waals surface area contributed by atoms with Crippen molar-refractivity contribution < 1.29 is 13.5 Å². The predicted molar refractivity (Wildman–Crippen MR) is 125 cm³/mol. The van der Waals surface area contributed by atoms with Crippen LogP contribution in [-0.4, -0.2) is 37.9 Å². The first-order valence-corrected chi connectivity index (χ1v) is 11.0. The summed E-state index contributed by atoms with van der Waals surface area (Å²) in [5.41, 5.74) is 8.90. The number of benzene rings is 2. The first kappa shape index (κ1) is 25.6. The van der Waals surface area contributed by atoms with E-state index in [1.54, 1.807) is 7.11 Å². The van der Waals surface area contributed by atoms with Crippen molar-refractivity contribution >= 4 is 12.4 Å². The van der Waals surface area contributed by atoms with E-state index in [9.17, 15) is 8.78 Å². The fourth-order valence-electron chi connectivity index (χ4n) is 4.75. The van der Waals surface area contributed by atoms with Crippen LogP contribution in [0, 0.1) is 5.92 Å². The standard InChI is InChI=1S/C25H34F2N2O.ClH/c1-30-24-15-6-5-10-20(24)18-22-13-9-17-29(16-8-7-14-23(27)19-26)25(22,28)21-11-3-2-4-12-21;/h2-6,10-12,15,22-23H,7-9,13-14,16-19,28H2,1H3;1H/t22-,23?,25+;/m0./s1. The average Bonchev–Trinajstić information content (AvgIpc) is 2.79. The summed E-state index contributed by atoms with van der Waals surface area (Å²) in [5, 5.41) is 0. The minimum Gasteiger partial charge on any atom is -0.496 e. The third-order valence-electron chi connectivity index (χ3n) is 6.38. The summed E-state index contributed by atoms with van der Waals surface area (Å²) in [5.74, 6) is 1.12. The molecule has 3 rings (SSSR count). The van der Waals surface area contributed by atoms with Gasteiger partial charge in [-0.2, -0.15) is 0 Å². The summed E-state index contributed by atoms with van der Waals surface area (Å²) in [4.78, 5) is 2.36. The number of para-hydroxylation sites is 1. The van der Waals surface area contributed by atoms with Crippen molar-refractivity contribution in [2.24, 2.45) is 11.7 Å². The fraction of sp³-hybridized carbons (Fsp3) is 0.520. The highest BCUT2D eigenvalue weighted by atomic mass is 35.5. The number of piperidine rings is 1. The van der Waals surface area contributed by atoms with Gasteiger partial charge in [-0.3, -0.25) is 4.90 Å². The zero-order valence-electron chi connectivity index (χ0n) is 18.3. The second-order valence-corrected chi connectivity index (χ2v) is 8.28. The van der Waals surface area contributed by atoms with E-state index >= 15 is 0 Å². The lowest BCUT2D eigenvalue weighted by molar-refractivity contribution is -0.00842. The van der Waals surface area contributed by atoms with Crippen molar-refractivity contribution in [1.82, 2.24) is 4.90 Å². The van der Waals surface area contributed by atoms with Crippen molar-refractivity contribution in [3.63, 3.8) is 0 Å². The zero-order chi connectivity index (χ0) is 21.4. The molecule has 6 heteroatoms. The molecule has 0 radical (unpaired) electrons. The van der Waals surface area contributed by atoms with E-state index in [2.05, 4.69) is 23.1 Å². The first-order chi connectivity index (χ1) is 14.6. The number of unbranched alkanes of at least 4 members (excludes halogenated alkanes) is 1. The molecule has 3 atom stereocenters. The van der Waals surface area contributed by atoms with Crippen LogP contribution in [-0.2, 0) is 12.1 Å². The van der Waals surface area contributed by atoms with Gasteiger partial charge in [-0.1, -0.05) is 48.5 Å². The van der Waals surface area contributed by atoms with Crippen LogP contribution in [0.5, 0.6) is 5.75 Å². The Hall–Kier alpha value is -1.69. The Balaban J connectivity index is 0.00000341. The van der Waals surface area contributed by atoms with Crippen molar-refractivity contribution in [2.75, 3.05) is 26.9 Å². The zero-order valence-corrected chi connectivity index (χ0v) is 19.1. The van der Waals surface area contributed by atoms with Gasteiger partial charge in [0.05, 0.1) is 12.8 Å². The number of rotatable bonds is 10. The average molecular weight is 453 g/mol. The van der Waals surface area contributed by atoms with Crippen molar-refractivity contribution in [3.8, 4) is 5.75 Å². The van der Waals surface area contributed by atoms with E-state index in [1.165, 1.54) is 5.56 Å². The Bertz CT molecular complexity index is 779. The molecule has 1 unspecified atom stereocenters. The molecular weight excluding hydrogens is 418 g/mol. The van der Waals surface area contributed by atoms with Crippen molar-refractivity contribution in [3.05, 3.63) is 65.7 Å². The van der Waals surface area contributed by atoms with Gasteiger partial charge < -0.3 is 10.5 Å². The molecule has 1 aliphatic rings. The Morgan fingerprint density at radius 1 is 1.13 bits per heavy atom. The molecule has 31 heavy (non-hydrogen) atoms. The van der Waals surface area contributed by atoms with Crippen LogP contribution in [0.2, 0.25) is 0 Å². The number of likely N-dealkylation sites (tertiary alicyclic amines) is 1. The second kappa shape index (κ2) is 12.4. The van der Waals surface area contributed by atoms with Crippen LogP contribution in [0.25, 0.3) is 0 Å². The van der Waals surface area contributed by atoms with Gasteiger partial charge in [-0.25, -0.2) is 8.78 Å². The molecule has 3 nitrogen and oxygen atoms in total. The van der Waals surface area contributed by atoms with Crippen LogP contribution < -0.4 is 10.5 Å². The monoisotopic (exact) mass is 452 g/mol. The highest BCUT2D eigenvalue weighted by Gasteiger charge is 2.44. The summed E-state index contributed by atoms with van der Waals surface area (Å²) >= 11 is 0. The van der Waals surface area contributed by atoms with Crippen LogP contribution >= 0.6 is 12.4 Å². The number of alkyl halides is 2. The molecule has 0 spiro atoms. The molecule has 0 amide bonds. The third kappa shape index (κ3) is 6.18. The van der Waals surface area contributed by atoms with Gasteiger partial charge in [-0.05, 0) is 61.6 Å². The predicted octanol–water partition coefficient (Wildman–Crippen LogP) is 5.66. The molecule has 0 saturated carbocycles. The molecule has 0 aromatic heterocycles. The molecular formula is C25H35ClF2N2O. The number of nitrogens with zero attached hydrogens (tertiary/aromatic N) is 1. The van der Waals surface area contributed by atoms with E-state index in [0.29, 0.717) is 6.42 Å². The lowest BCUT2D eigenvalue weighted by Crippen LogP contribution is -2.61. The minimum atomic E-state index is -1.35. The maximum Gasteiger partial charge on any atom is 0.128 e. The highest BCUT2D eigenvalue weighted by Crippen LogP contribution is 2.41. The van der Waals surface area contributed by atoms with Crippen molar-refractivity contribution in [2.45, 2.75) is 50.4 Å². The second-order valence-electron chi connectivity index (χ2n) is 8.28. The maximum absolute atomic E-state index is 13.3. The quantitative estimate of drug-likeness (QED) is 0.472. The summed E-state index contributed by atoms with van der Waals surface area (Å²) in [7, 11) is 1.70. The Labute approximate surface area is 191 Å². The van der Waals surface area contributed by atoms with Crippen LogP contribution in [0.3, 0.4) is 0 Å². The molecule has 1 aliphatic heterocycles. The lowest BCUT2D eigenvalue weighted by Gasteiger charge is -2.50. The summed E-state index contributed by atoms with van der Waals surface area (Å²) in [6.07, 6.45) is 3.35. The van der Waals surface area contributed by atoms with Gasteiger partial charge in [-0.15, -0.1) is 12.4 Å². The van der Waals surface area contributed by atoms with E-state index in [0.717, 1.165) is 50.1 Å². The number of ether oxygens (including phenoxy) is 1. The molecule has 1 saturated heterocycles. The SMILES string of the molecule is COc1ccccc1C[C@@H]1CCCN(CCCCC(F)CF)[C@]1(N)c1ccccc1.Cl.